The lowest BCUT2D eigenvalue weighted by Crippen LogP contribution is -2.18. The van der Waals surface area contributed by atoms with Gasteiger partial charge in [-0.05, 0) is 36.6 Å². The minimum atomic E-state index is -3.87. The van der Waals surface area contributed by atoms with Crippen LogP contribution in [0.25, 0.3) is 0 Å². The molecule has 0 aromatic heterocycles. The fourth-order valence-electron chi connectivity index (χ4n) is 2.86. The number of aryl methyl sites for hydroxylation is 1. The van der Waals surface area contributed by atoms with E-state index in [0.29, 0.717) is 11.1 Å². The highest BCUT2D eigenvalue weighted by molar-refractivity contribution is 8.06. The summed E-state index contributed by atoms with van der Waals surface area (Å²) in [4.78, 5) is 31.6. The normalized spacial score (nSPS) is 12.0. The van der Waals surface area contributed by atoms with Crippen LogP contribution in [-0.4, -0.2) is 21.3 Å². The topological polar surface area (TPSA) is 105 Å². The molecule has 0 aliphatic carbocycles. The van der Waals surface area contributed by atoms with Gasteiger partial charge in [0.1, 0.15) is 11.5 Å². The summed E-state index contributed by atoms with van der Waals surface area (Å²) in [6, 6.07) is 13.6. The molecule has 0 aliphatic heterocycles. The number of carbonyl (C=O) groups excluding carboxylic acids is 1. The van der Waals surface area contributed by atoms with Gasteiger partial charge in [-0.1, -0.05) is 56.5 Å². The predicted octanol–water partition coefficient (Wildman–Crippen LogP) is 3.94. The van der Waals surface area contributed by atoms with Crippen molar-refractivity contribution in [1.82, 2.24) is 0 Å². The molecule has 0 fully saturated rings. The van der Waals surface area contributed by atoms with Gasteiger partial charge in [-0.15, -0.1) is 0 Å². The van der Waals surface area contributed by atoms with E-state index in [1.807, 2.05) is 18.2 Å². The minimum Gasteiger partial charge on any atom is -0.424 e. The van der Waals surface area contributed by atoms with Gasteiger partial charge in [-0.3, -0.25) is 4.79 Å². The van der Waals surface area contributed by atoms with Crippen molar-refractivity contribution in [1.29, 1.82) is 0 Å². The molecule has 150 valence electrons. The van der Waals surface area contributed by atoms with Crippen LogP contribution in [0.2, 0.25) is 0 Å². The van der Waals surface area contributed by atoms with E-state index in [4.69, 9.17) is 10.4 Å². The van der Waals surface area contributed by atoms with Crippen LogP contribution in [0, 0.1) is 0 Å². The SMILES string of the molecule is CCCCCCc1cccc(C(=O)/C(=N/N)c2cccc(OP(O)(O)=S)c2)c1. The molecule has 0 aliphatic rings. The second kappa shape index (κ2) is 10.5. The molecule has 0 unspecified atom stereocenters. The molecule has 0 bridgehead atoms. The van der Waals surface area contributed by atoms with E-state index >= 15 is 0 Å². The molecule has 2 aromatic rings. The number of unbranched alkanes of at least 4 members (excludes halogenated alkanes) is 3. The number of nitrogens with two attached hydrogens (primary N) is 1. The molecule has 0 atom stereocenters. The quantitative estimate of drug-likeness (QED) is 0.134. The fraction of sp³-hybridized carbons (Fsp3) is 0.300. The van der Waals surface area contributed by atoms with Crippen molar-refractivity contribution in [3.63, 3.8) is 0 Å². The van der Waals surface area contributed by atoms with Crippen LogP contribution < -0.4 is 10.4 Å². The maximum atomic E-state index is 12.9. The van der Waals surface area contributed by atoms with Crippen molar-refractivity contribution in [2.24, 2.45) is 10.9 Å². The number of nitrogens with zero attached hydrogens (tertiary/aromatic N) is 1. The molecular formula is C20H25N2O4PS. The van der Waals surface area contributed by atoms with E-state index in [1.54, 1.807) is 18.2 Å². The summed E-state index contributed by atoms with van der Waals surface area (Å²) < 4.78 is 4.94. The van der Waals surface area contributed by atoms with Gasteiger partial charge in [0.25, 0.3) is 0 Å². The van der Waals surface area contributed by atoms with E-state index < -0.39 is 6.72 Å². The molecule has 4 N–H and O–H groups in total. The van der Waals surface area contributed by atoms with E-state index in [-0.39, 0.29) is 17.2 Å². The van der Waals surface area contributed by atoms with Crippen molar-refractivity contribution in [2.75, 3.05) is 0 Å². The molecule has 0 heterocycles. The summed E-state index contributed by atoms with van der Waals surface area (Å²) in [6.07, 6.45) is 5.54. The Morgan fingerprint density at radius 1 is 1.11 bits per heavy atom. The summed E-state index contributed by atoms with van der Waals surface area (Å²) in [7, 11) is 0. The van der Waals surface area contributed by atoms with Crippen molar-refractivity contribution in [3.05, 3.63) is 65.2 Å². The van der Waals surface area contributed by atoms with E-state index in [9.17, 15) is 14.6 Å². The number of hydrazone groups is 1. The molecule has 2 rings (SSSR count). The largest absolute Gasteiger partial charge is 0.424 e. The zero-order chi connectivity index (χ0) is 20.6. The summed E-state index contributed by atoms with van der Waals surface area (Å²) in [5.74, 6) is 5.30. The zero-order valence-corrected chi connectivity index (χ0v) is 17.5. The monoisotopic (exact) mass is 420 g/mol. The summed E-state index contributed by atoms with van der Waals surface area (Å²) >= 11 is 4.48. The van der Waals surface area contributed by atoms with Crippen LogP contribution in [0.5, 0.6) is 5.75 Å². The van der Waals surface area contributed by atoms with Gasteiger partial charge in [0.05, 0.1) is 0 Å². The molecule has 2 aromatic carbocycles. The third-order valence-electron chi connectivity index (χ3n) is 4.18. The van der Waals surface area contributed by atoms with Crippen molar-refractivity contribution in [3.8, 4) is 5.75 Å². The highest BCUT2D eigenvalue weighted by atomic mass is 32.5. The van der Waals surface area contributed by atoms with E-state index in [0.717, 1.165) is 18.4 Å². The smallest absolute Gasteiger partial charge is 0.375 e. The Morgan fingerprint density at radius 3 is 2.50 bits per heavy atom. The molecule has 0 saturated carbocycles. The number of ketones is 1. The maximum Gasteiger partial charge on any atom is 0.375 e. The van der Waals surface area contributed by atoms with Crippen LogP contribution in [0.15, 0.2) is 53.6 Å². The first-order valence-corrected chi connectivity index (χ1v) is 11.7. The number of hydrogen-bond acceptors (Lipinski definition) is 5. The van der Waals surface area contributed by atoms with Crippen LogP contribution in [-0.2, 0) is 18.2 Å². The molecule has 28 heavy (non-hydrogen) atoms. The van der Waals surface area contributed by atoms with E-state index in [2.05, 4.69) is 23.8 Å². The second-order valence-corrected chi connectivity index (χ2v) is 9.02. The average Bonchev–Trinajstić information content (AvgIpc) is 2.65. The van der Waals surface area contributed by atoms with Crippen molar-refractivity contribution < 1.29 is 19.1 Å². The molecule has 6 nitrogen and oxygen atoms in total. The Labute approximate surface area is 170 Å². The molecule has 0 spiro atoms. The van der Waals surface area contributed by atoms with Crippen LogP contribution in [0.1, 0.15) is 54.1 Å². The first kappa shape index (κ1) is 22.2. The third-order valence-corrected chi connectivity index (χ3v) is 4.86. The molecule has 0 radical (unpaired) electrons. The number of hydrogen-bond donors (Lipinski definition) is 3. The minimum absolute atomic E-state index is 0.0535. The van der Waals surface area contributed by atoms with Crippen molar-refractivity contribution in [2.45, 2.75) is 39.0 Å². The lowest BCUT2D eigenvalue weighted by Gasteiger charge is -2.12. The fourth-order valence-corrected chi connectivity index (χ4v) is 3.51. The lowest BCUT2D eigenvalue weighted by atomic mass is 9.97. The Kier molecular flexibility index (Phi) is 8.33. The highest BCUT2D eigenvalue weighted by Crippen LogP contribution is 2.38. The number of benzene rings is 2. The van der Waals surface area contributed by atoms with Gasteiger partial charge in [0, 0.05) is 22.9 Å². The van der Waals surface area contributed by atoms with Gasteiger partial charge < -0.3 is 20.2 Å². The Balaban J connectivity index is 2.20. The molecule has 8 heteroatoms. The maximum absolute atomic E-state index is 12.9. The van der Waals surface area contributed by atoms with Gasteiger partial charge in [0.2, 0.25) is 5.78 Å². The standard InChI is InChI=1S/C20H25N2O4PS/c1-2-3-4-5-8-15-9-6-11-17(13-15)20(23)19(22-21)16-10-7-12-18(14-16)26-27(24,25)28/h6-7,9-14H,2-5,8,21H2,1H3,(H2,24,25,28)/b22-19+. The molecule has 0 saturated heterocycles. The Bertz CT molecular complexity index is 895. The molecular weight excluding hydrogens is 395 g/mol. The van der Waals surface area contributed by atoms with Crippen LogP contribution >= 0.6 is 6.72 Å². The predicted molar refractivity (Wildman–Crippen MR) is 115 cm³/mol. The van der Waals surface area contributed by atoms with Crippen LogP contribution in [0.4, 0.5) is 0 Å². The lowest BCUT2D eigenvalue weighted by molar-refractivity contribution is 0.106. The Hall–Kier alpha value is -2.05. The summed E-state index contributed by atoms with van der Waals surface area (Å²) in [6.45, 7) is -1.70. The van der Waals surface area contributed by atoms with E-state index in [1.165, 1.54) is 31.4 Å². The van der Waals surface area contributed by atoms with Crippen LogP contribution in [0.3, 0.4) is 0 Å². The van der Waals surface area contributed by atoms with Gasteiger partial charge in [-0.25, -0.2) is 0 Å². The van der Waals surface area contributed by atoms with Gasteiger partial charge >= 0.3 is 6.72 Å². The Morgan fingerprint density at radius 2 is 1.82 bits per heavy atom. The summed E-state index contributed by atoms with van der Waals surface area (Å²) in [5, 5.41) is 3.66. The first-order valence-electron chi connectivity index (χ1n) is 9.11. The second-order valence-electron chi connectivity index (χ2n) is 6.43. The average molecular weight is 420 g/mol. The highest BCUT2D eigenvalue weighted by Gasteiger charge is 2.18. The van der Waals surface area contributed by atoms with Gasteiger partial charge in [-0.2, -0.15) is 5.10 Å². The summed E-state index contributed by atoms with van der Waals surface area (Å²) in [5.41, 5.74) is 2.05. The zero-order valence-electron chi connectivity index (χ0n) is 15.7. The number of rotatable bonds is 10. The number of carbonyl (C=O) groups is 1. The third kappa shape index (κ3) is 6.84. The van der Waals surface area contributed by atoms with Gasteiger partial charge in [0.15, 0.2) is 0 Å². The molecule has 0 amide bonds. The number of Topliss-reactive ketones (excluding diaryl/α,β-unsaturated/α-hetero) is 1. The first-order chi connectivity index (χ1) is 13.3. The van der Waals surface area contributed by atoms with Crippen molar-refractivity contribution >= 4 is 30.0 Å².